The van der Waals surface area contributed by atoms with Gasteiger partial charge in [-0.25, -0.2) is 32.9 Å². The largest absolute Gasteiger partial charge is 0.341 e. The fourth-order valence-electron chi connectivity index (χ4n) is 4.26. The first-order valence-electron chi connectivity index (χ1n) is 11.3. The molecule has 1 aromatic carbocycles. The van der Waals surface area contributed by atoms with Crippen LogP contribution in [0.2, 0.25) is 0 Å². The quantitative estimate of drug-likeness (QED) is 0.567. The van der Waals surface area contributed by atoms with Crippen LogP contribution in [0.25, 0.3) is 11.3 Å². The number of hydrogen-bond donors (Lipinski definition) is 0. The number of urea groups is 1. The van der Waals surface area contributed by atoms with Gasteiger partial charge in [-0.05, 0) is 24.6 Å². The third-order valence-corrected chi connectivity index (χ3v) is 6.09. The van der Waals surface area contributed by atoms with Crippen molar-refractivity contribution in [3.63, 3.8) is 0 Å². The van der Waals surface area contributed by atoms with Gasteiger partial charge < -0.3 is 9.80 Å². The molecule has 1 unspecified atom stereocenters. The molecule has 3 aromatic rings. The molecule has 2 aromatic heterocycles. The molecule has 0 aliphatic carbocycles. The van der Waals surface area contributed by atoms with E-state index >= 15 is 0 Å². The molecule has 182 valence electrons. The lowest BCUT2D eigenvalue weighted by molar-refractivity contribution is 0.139. The molecule has 0 spiro atoms. The number of carbonyl (C=O) groups excluding carboxylic acids is 1. The fraction of sp³-hybridized carbons (Fsp3) is 0.348. The minimum Gasteiger partial charge on any atom is -0.337 e. The summed E-state index contributed by atoms with van der Waals surface area (Å²) < 4.78 is 43.5. The number of benzene rings is 1. The zero-order chi connectivity index (χ0) is 24.5. The van der Waals surface area contributed by atoms with Crippen molar-refractivity contribution in [3.05, 3.63) is 59.8 Å². The van der Waals surface area contributed by atoms with Crippen LogP contribution >= 0.6 is 0 Å². The smallest absolute Gasteiger partial charge is 0.337 e. The molecule has 0 saturated carbocycles. The lowest BCUT2D eigenvalue weighted by Crippen LogP contribution is -2.52. The van der Waals surface area contributed by atoms with E-state index in [-0.39, 0.29) is 11.7 Å². The van der Waals surface area contributed by atoms with Gasteiger partial charge in [-0.15, -0.1) is 0 Å². The van der Waals surface area contributed by atoms with Crippen LogP contribution in [0.5, 0.6) is 0 Å². The average molecular weight is 484 g/mol. The molecule has 1 fully saturated rings. The molecule has 0 radical (unpaired) electrons. The molecule has 0 N–H and O–H groups in total. The van der Waals surface area contributed by atoms with Gasteiger partial charge in [0.15, 0.2) is 5.82 Å². The van der Waals surface area contributed by atoms with Crippen LogP contribution in [0.1, 0.15) is 24.9 Å². The van der Waals surface area contributed by atoms with E-state index < -0.39 is 23.5 Å². The monoisotopic (exact) mass is 484 g/mol. The highest BCUT2D eigenvalue weighted by atomic mass is 19.1. The number of hydrogen-bond acceptors (Lipinski definition) is 6. The minimum atomic E-state index is -0.700. The normalized spacial score (nSPS) is 17.9. The molecule has 35 heavy (non-hydrogen) atoms. The van der Waals surface area contributed by atoms with Crippen LogP contribution in [0.3, 0.4) is 0 Å². The van der Waals surface area contributed by atoms with E-state index in [1.165, 1.54) is 17.1 Å². The Labute approximate surface area is 199 Å². The molecule has 5 rings (SSSR count). The first-order valence-corrected chi connectivity index (χ1v) is 11.3. The number of anilines is 1. The Balaban J connectivity index is 1.27. The number of nitrogens with zero attached hydrogens (tertiary/aromatic N) is 8. The second-order valence-electron chi connectivity index (χ2n) is 8.30. The van der Waals surface area contributed by atoms with Gasteiger partial charge in [-0.1, -0.05) is 0 Å². The van der Waals surface area contributed by atoms with E-state index in [1.54, 1.807) is 28.2 Å². The van der Waals surface area contributed by atoms with Gasteiger partial charge in [0.2, 0.25) is 5.95 Å². The maximum atomic E-state index is 14.4. The molecule has 2 aliphatic heterocycles. The van der Waals surface area contributed by atoms with Crippen LogP contribution in [0.15, 0.2) is 41.9 Å². The van der Waals surface area contributed by atoms with Gasteiger partial charge in [-0.2, -0.15) is 10.2 Å². The summed E-state index contributed by atoms with van der Waals surface area (Å²) in [6.07, 6.45) is 6.36. The van der Waals surface area contributed by atoms with Crippen molar-refractivity contribution >= 4 is 18.2 Å². The standard InChI is InChI=1S/C23H23F3N8O/c1-2-33-14-16(12-29-33)21-19(26)13-27-22(30-21)31-5-7-32(8-6-31)23(35)34-20(3-4-28-34)15-9-17(24)11-18(25)10-15/h4,9-14,20H,2-3,5-8H2,1H3. The van der Waals surface area contributed by atoms with E-state index in [0.717, 1.165) is 12.3 Å². The van der Waals surface area contributed by atoms with Crippen molar-refractivity contribution in [1.82, 2.24) is 29.7 Å². The zero-order valence-corrected chi connectivity index (χ0v) is 19.0. The second-order valence-corrected chi connectivity index (χ2v) is 8.30. The lowest BCUT2D eigenvalue weighted by atomic mass is 10.0. The average Bonchev–Trinajstić information content (AvgIpc) is 3.53. The van der Waals surface area contributed by atoms with Crippen molar-refractivity contribution in [2.75, 3.05) is 31.1 Å². The highest BCUT2D eigenvalue weighted by Gasteiger charge is 2.34. The number of hydrazone groups is 1. The summed E-state index contributed by atoms with van der Waals surface area (Å²) >= 11 is 0. The number of carbonyl (C=O) groups is 1. The predicted molar refractivity (Wildman–Crippen MR) is 122 cm³/mol. The number of aromatic nitrogens is 4. The second kappa shape index (κ2) is 9.35. The van der Waals surface area contributed by atoms with Gasteiger partial charge in [0, 0.05) is 63.2 Å². The van der Waals surface area contributed by atoms with Gasteiger partial charge in [0.25, 0.3) is 0 Å². The molecular weight excluding hydrogens is 461 g/mol. The summed E-state index contributed by atoms with van der Waals surface area (Å²) in [4.78, 5) is 25.2. The maximum absolute atomic E-state index is 14.4. The summed E-state index contributed by atoms with van der Waals surface area (Å²) in [7, 11) is 0. The van der Waals surface area contributed by atoms with Crippen LogP contribution in [-0.2, 0) is 6.54 Å². The topological polar surface area (TPSA) is 82.8 Å². The number of piperazine rings is 1. The van der Waals surface area contributed by atoms with E-state index in [4.69, 9.17) is 0 Å². The zero-order valence-electron chi connectivity index (χ0n) is 19.0. The van der Waals surface area contributed by atoms with Gasteiger partial charge in [0.05, 0.1) is 18.4 Å². The Hall–Kier alpha value is -3.96. The van der Waals surface area contributed by atoms with Gasteiger partial charge >= 0.3 is 6.03 Å². The predicted octanol–water partition coefficient (Wildman–Crippen LogP) is 3.45. The number of amides is 2. The summed E-state index contributed by atoms with van der Waals surface area (Å²) in [5.74, 6) is -1.57. The Morgan fingerprint density at radius 2 is 1.80 bits per heavy atom. The van der Waals surface area contributed by atoms with E-state index in [2.05, 4.69) is 20.2 Å². The van der Waals surface area contributed by atoms with E-state index in [1.807, 2.05) is 11.8 Å². The van der Waals surface area contributed by atoms with Crippen molar-refractivity contribution in [2.45, 2.75) is 25.9 Å². The van der Waals surface area contributed by atoms with Crippen molar-refractivity contribution < 1.29 is 18.0 Å². The third-order valence-electron chi connectivity index (χ3n) is 6.09. The molecule has 12 heteroatoms. The molecule has 9 nitrogen and oxygen atoms in total. The van der Waals surface area contributed by atoms with Crippen molar-refractivity contribution in [2.24, 2.45) is 5.10 Å². The Morgan fingerprint density at radius 3 is 2.49 bits per heavy atom. The summed E-state index contributed by atoms with van der Waals surface area (Å²) in [5, 5.41) is 9.59. The van der Waals surface area contributed by atoms with E-state index in [9.17, 15) is 18.0 Å². The molecular formula is C23H23F3N8O. The molecule has 2 amide bonds. The molecule has 2 aliphatic rings. The Morgan fingerprint density at radius 1 is 1.06 bits per heavy atom. The lowest BCUT2D eigenvalue weighted by Gasteiger charge is -2.37. The van der Waals surface area contributed by atoms with Crippen LogP contribution in [0.4, 0.5) is 23.9 Å². The highest BCUT2D eigenvalue weighted by molar-refractivity contribution is 5.78. The minimum absolute atomic E-state index is 0.171. The number of rotatable bonds is 4. The molecule has 4 heterocycles. The molecule has 1 atom stereocenters. The first kappa shape index (κ1) is 22.8. The summed E-state index contributed by atoms with van der Waals surface area (Å²) in [6, 6.07) is 2.31. The SMILES string of the molecule is CCn1cc(-c2nc(N3CCN(C(=O)N4N=CCC4c4cc(F)cc(F)c4)CC3)ncc2F)cn1. The third kappa shape index (κ3) is 4.55. The Bertz CT molecular complexity index is 1250. The number of aryl methyl sites for hydroxylation is 1. The Kier molecular flexibility index (Phi) is 6.10. The first-order chi connectivity index (χ1) is 16.9. The van der Waals surface area contributed by atoms with Crippen LogP contribution in [0, 0.1) is 17.5 Å². The van der Waals surface area contributed by atoms with Crippen LogP contribution < -0.4 is 4.90 Å². The summed E-state index contributed by atoms with van der Waals surface area (Å²) in [6.45, 7) is 4.18. The number of halogens is 3. The van der Waals surface area contributed by atoms with Crippen LogP contribution in [-0.4, -0.2) is 68.1 Å². The molecule has 0 bridgehead atoms. The molecule has 1 saturated heterocycles. The summed E-state index contributed by atoms with van der Waals surface area (Å²) in [5.41, 5.74) is 1.09. The van der Waals surface area contributed by atoms with Crippen molar-refractivity contribution in [3.8, 4) is 11.3 Å². The van der Waals surface area contributed by atoms with E-state index in [0.29, 0.717) is 56.2 Å². The van der Waals surface area contributed by atoms with Gasteiger partial charge in [-0.3, -0.25) is 4.68 Å². The maximum Gasteiger partial charge on any atom is 0.341 e. The van der Waals surface area contributed by atoms with Crippen molar-refractivity contribution in [1.29, 1.82) is 0 Å². The van der Waals surface area contributed by atoms with Gasteiger partial charge in [0.1, 0.15) is 17.3 Å². The fourth-order valence-corrected chi connectivity index (χ4v) is 4.26. The highest BCUT2D eigenvalue weighted by Crippen LogP contribution is 2.30.